The van der Waals surface area contributed by atoms with Crippen LogP contribution in [-0.4, -0.2) is 28.3 Å². The van der Waals surface area contributed by atoms with E-state index in [2.05, 4.69) is 28.9 Å². The van der Waals surface area contributed by atoms with Crippen molar-refractivity contribution in [3.8, 4) is 0 Å². The van der Waals surface area contributed by atoms with E-state index in [9.17, 15) is 0 Å². The Kier molecular flexibility index (Phi) is 4.81. The van der Waals surface area contributed by atoms with Crippen molar-refractivity contribution < 1.29 is 0 Å². The molecule has 0 amide bonds. The molecule has 2 rings (SSSR count). The Bertz CT molecular complexity index is 527. The van der Waals surface area contributed by atoms with Gasteiger partial charge >= 0.3 is 0 Å². The van der Waals surface area contributed by atoms with Crippen LogP contribution in [0.25, 0.3) is 0 Å². The zero-order valence-corrected chi connectivity index (χ0v) is 14.4. The van der Waals surface area contributed by atoms with Crippen LogP contribution in [0.3, 0.4) is 0 Å². The van der Waals surface area contributed by atoms with Crippen LogP contribution in [0.4, 0.5) is 5.82 Å². The molecule has 5 heteroatoms. The minimum absolute atomic E-state index is 0.420. The monoisotopic (exact) mass is 306 g/mol. The van der Waals surface area contributed by atoms with E-state index in [0.717, 1.165) is 35.7 Å². The van der Waals surface area contributed by atoms with Crippen LogP contribution in [0.1, 0.15) is 56.4 Å². The lowest BCUT2D eigenvalue weighted by molar-refractivity contribution is 0.199. The molecule has 0 aliphatic carbocycles. The van der Waals surface area contributed by atoms with E-state index in [1.165, 1.54) is 25.7 Å². The van der Waals surface area contributed by atoms with Gasteiger partial charge in [-0.2, -0.15) is 5.10 Å². The Balaban J connectivity index is 2.29. The molecular formula is C16H26N4S. The molecular weight excluding hydrogens is 280 g/mol. The van der Waals surface area contributed by atoms with Gasteiger partial charge in [-0.25, -0.2) is 0 Å². The highest BCUT2D eigenvalue weighted by atomic mass is 32.1. The Labute approximate surface area is 133 Å². The summed E-state index contributed by atoms with van der Waals surface area (Å²) >= 11 is 5.24. The summed E-state index contributed by atoms with van der Waals surface area (Å²) < 4.78 is 0. The molecule has 2 N–H and O–H groups in total. The summed E-state index contributed by atoms with van der Waals surface area (Å²) in [6, 6.07) is 0. The molecule has 1 saturated heterocycles. The number of piperidine rings is 1. The lowest BCUT2D eigenvalue weighted by Crippen LogP contribution is -2.41. The normalized spacial score (nSPS) is 17.8. The van der Waals surface area contributed by atoms with Crippen molar-refractivity contribution in [2.45, 2.75) is 53.4 Å². The minimum atomic E-state index is 0.420. The first-order valence-corrected chi connectivity index (χ1v) is 8.23. The van der Waals surface area contributed by atoms with Crippen LogP contribution in [0.5, 0.6) is 0 Å². The van der Waals surface area contributed by atoms with Gasteiger partial charge in [0.25, 0.3) is 0 Å². The molecule has 1 aliphatic heterocycles. The van der Waals surface area contributed by atoms with E-state index in [-0.39, 0.29) is 0 Å². The highest BCUT2D eigenvalue weighted by Crippen LogP contribution is 2.39. The van der Waals surface area contributed by atoms with Gasteiger partial charge < -0.3 is 10.6 Å². The Morgan fingerprint density at radius 2 is 1.76 bits per heavy atom. The fourth-order valence-electron chi connectivity index (χ4n) is 3.26. The third kappa shape index (κ3) is 3.03. The van der Waals surface area contributed by atoms with Crippen LogP contribution < -0.4 is 10.6 Å². The van der Waals surface area contributed by atoms with Gasteiger partial charge in [0.1, 0.15) is 4.99 Å². The maximum Gasteiger partial charge on any atom is 0.161 e. The van der Waals surface area contributed by atoms with E-state index < -0.39 is 0 Å². The number of hydrogen-bond acceptors (Lipinski definition) is 4. The summed E-state index contributed by atoms with van der Waals surface area (Å²) in [6.45, 7) is 10.6. The number of nitrogens with zero attached hydrogens (tertiary/aromatic N) is 3. The number of nitrogens with two attached hydrogens (primary N) is 1. The molecule has 1 fully saturated rings. The van der Waals surface area contributed by atoms with Crippen molar-refractivity contribution in [3.05, 3.63) is 16.8 Å². The van der Waals surface area contributed by atoms with Gasteiger partial charge in [0.15, 0.2) is 5.82 Å². The van der Waals surface area contributed by atoms with Crippen molar-refractivity contribution >= 4 is 23.0 Å². The van der Waals surface area contributed by atoms with E-state index in [4.69, 9.17) is 18.0 Å². The molecule has 0 saturated carbocycles. The third-order valence-corrected chi connectivity index (χ3v) is 5.51. The van der Waals surface area contributed by atoms with Crippen molar-refractivity contribution in [1.82, 2.24) is 10.2 Å². The number of aromatic nitrogens is 2. The molecule has 0 bridgehead atoms. The predicted molar refractivity (Wildman–Crippen MR) is 91.9 cm³/mol. The van der Waals surface area contributed by atoms with Gasteiger partial charge in [0.2, 0.25) is 0 Å². The van der Waals surface area contributed by atoms with Gasteiger partial charge in [-0.1, -0.05) is 38.9 Å². The van der Waals surface area contributed by atoms with E-state index in [1.54, 1.807) is 0 Å². The standard InChI is InChI=1S/C16H26N4S/c1-5-16(6-2)7-9-20(10-8-16)15-13(14(17)21)11(3)12(4)18-19-15/h5-10H2,1-4H3,(H2,17,21). The molecule has 1 aliphatic rings. The zero-order valence-electron chi connectivity index (χ0n) is 13.6. The third-order valence-electron chi connectivity index (χ3n) is 5.31. The molecule has 0 aromatic carbocycles. The van der Waals surface area contributed by atoms with Crippen LogP contribution in [0.2, 0.25) is 0 Å². The first-order chi connectivity index (χ1) is 9.94. The molecule has 0 spiro atoms. The first kappa shape index (κ1) is 16.1. The fourth-order valence-corrected chi connectivity index (χ4v) is 3.51. The maximum atomic E-state index is 5.93. The average molecular weight is 306 g/mol. The number of anilines is 1. The van der Waals surface area contributed by atoms with Crippen LogP contribution in [0.15, 0.2) is 0 Å². The van der Waals surface area contributed by atoms with E-state index in [0.29, 0.717) is 10.4 Å². The fraction of sp³-hybridized carbons (Fsp3) is 0.688. The molecule has 0 unspecified atom stereocenters. The number of hydrogen-bond donors (Lipinski definition) is 1. The lowest BCUT2D eigenvalue weighted by atomic mass is 9.74. The summed E-state index contributed by atoms with van der Waals surface area (Å²) in [7, 11) is 0. The predicted octanol–water partition coefficient (Wildman–Crippen LogP) is 3.13. The largest absolute Gasteiger partial charge is 0.389 e. The van der Waals surface area contributed by atoms with Gasteiger partial charge in [-0.3, -0.25) is 0 Å². The molecule has 0 atom stereocenters. The molecule has 4 nitrogen and oxygen atoms in total. The van der Waals surface area contributed by atoms with Crippen LogP contribution in [-0.2, 0) is 0 Å². The minimum Gasteiger partial charge on any atom is -0.389 e. The van der Waals surface area contributed by atoms with Gasteiger partial charge in [-0.05, 0) is 37.7 Å². The Morgan fingerprint density at radius 3 is 2.24 bits per heavy atom. The second-order valence-corrected chi connectivity index (χ2v) is 6.61. The summed E-state index contributed by atoms with van der Waals surface area (Å²) in [5, 5.41) is 8.66. The average Bonchev–Trinajstić information content (AvgIpc) is 2.49. The molecule has 2 heterocycles. The van der Waals surface area contributed by atoms with Gasteiger partial charge in [0, 0.05) is 13.1 Å². The van der Waals surface area contributed by atoms with Crippen molar-refractivity contribution in [2.75, 3.05) is 18.0 Å². The SMILES string of the molecule is CCC1(CC)CCN(c2nnc(C)c(C)c2C(N)=S)CC1. The van der Waals surface area contributed by atoms with Gasteiger partial charge in [0.05, 0.1) is 11.3 Å². The quantitative estimate of drug-likeness (QED) is 0.866. The smallest absolute Gasteiger partial charge is 0.161 e. The highest BCUT2D eigenvalue weighted by Gasteiger charge is 2.33. The van der Waals surface area contributed by atoms with E-state index >= 15 is 0 Å². The van der Waals surface area contributed by atoms with Crippen molar-refractivity contribution in [2.24, 2.45) is 11.1 Å². The molecule has 0 radical (unpaired) electrons. The molecule has 1 aromatic heterocycles. The summed E-state index contributed by atoms with van der Waals surface area (Å²) in [5.41, 5.74) is 9.28. The summed E-state index contributed by atoms with van der Waals surface area (Å²) in [4.78, 5) is 2.72. The molecule has 21 heavy (non-hydrogen) atoms. The summed E-state index contributed by atoms with van der Waals surface area (Å²) in [5.74, 6) is 0.867. The van der Waals surface area contributed by atoms with Crippen molar-refractivity contribution in [3.63, 3.8) is 0 Å². The lowest BCUT2D eigenvalue weighted by Gasteiger charge is -2.41. The Morgan fingerprint density at radius 1 is 1.19 bits per heavy atom. The zero-order chi connectivity index (χ0) is 15.6. The van der Waals surface area contributed by atoms with Crippen molar-refractivity contribution in [1.29, 1.82) is 0 Å². The first-order valence-electron chi connectivity index (χ1n) is 7.82. The second-order valence-electron chi connectivity index (χ2n) is 6.17. The summed E-state index contributed by atoms with van der Waals surface area (Å²) in [6.07, 6.45) is 4.90. The van der Waals surface area contributed by atoms with Gasteiger partial charge in [-0.15, -0.1) is 5.10 Å². The number of rotatable bonds is 4. The number of aryl methyl sites for hydroxylation is 1. The van der Waals surface area contributed by atoms with Crippen LogP contribution in [0, 0.1) is 19.3 Å². The highest BCUT2D eigenvalue weighted by molar-refractivity contribution is 7.80. The number of thiocarbonyl (C=S) groups is 1. The van der Waals surface area contributed by atoms with Crippen LogP contribution >= 0.6 is 12.2 Å². The molecule has 1 aromatic rings. The topological polar surface area (TPSA) is 55.0 Å². The molecule has 116 valence electrons. The Hall–Kier alpha value is -1.23. The second kappa shape index (κ2) is 6.26. The van der Waals surface area contributed by atoms with E-state index in [1.807, 2.05) is 13.8 Å². The maximum absolute atomic E-state index is 5.93.